The minimum absolute atomic E-state index is 0.0882. The van der Waals surface area contributed by atoms with Crippen molar-refractivity contribution in [1.82, 2.24) is 16.0 Å². The second-order valence-electron chi connectivity index (χ2n) is 6.05. The Hall–Kier alpha value is -3.23. The van der Waals surface area contributed by atoms with Gasteiger partial charge in [0.2, 0.25) is 0 Å². The summed E-state index contributed by atoms with van der Waals surface area (Å²) in [4.78, 5) is 38.0. The number of urea groups is 1. The second-order valence-corrected chi connectivity index (χ2v) is 6.05. The van der Waals surface area contributed by atoms with Crippen molar-refractivity contribution in [3.05, 3.63) is 35.5 Å². The van der Waals surface area contributed by atoms with Crippen LogP contribution < -0.4 is 25.6 Å². The number of ether oxygens (including phenoxy) is 2. The van der Waals surface area contributed by atoms with Crippen LogP contribution in [0, 0.1) is 0 Å². The summed E-state index contributed by atoms with van der Waals surface area (Å²) in [6.45, 7) is 2.56. The molecule has 0 aromatic heterocycles. The summed E-state index contributed by atoms with van der Waals surface area (Å²) in [5.74, 6) is -0.163. The molecule has 27 heavy (non-hydrogen) atoms. The van der Waals surface area contributed by atoms with E-state index in [2.05, 4.69) is 16.0 Å². The summed E-state index contributed by atoms with van der Waals surface area (Å²) < 4.78 is 10.9. The smallest absolute Gasteiger partial charge is 0.337 e. The maximum absolute atomic E-state index is 12.2. The zero-order chi connectivity index (χ0) is 19.4. The Morgan fingerprint density at radius 3 is 2.89 bits per heavy atom. The molecule has 2 aliphatic rings. The molecule has 2 aliphatic heterocycles. The van der Waals surface area contributed by atoms with Crippen molar-refractivity contribution < 1.29 is 23.9 Å². The first-order valence-electron chi connectivity index (χ1n) is 8.69. The Kier molecular flexibility index (Phi) is 5.49. The van der Waals surface area contributed by atoms with Crippen LogP contribution in [0.3, 0.4) is 0 Å². The molecule has 0 unspecified atom stereocenters. The Balaban J connectivity index is 1.92. The van der Waals surface area contributed by atoms with Gasteiger partial charge in [-0.1, -0.05) is 12.1 Å². The number of benzene rings is 1. The van der Waals surface area contributed by atoms with E-state index in [1.54, 1.807) is 20.0 Å². The normalized spacial score (nSPS) is 18.7. The zero-order valence-electron chi connectivity index (χ0n) is 15.2. The number of carbonyl (C=O) groups is 3. The number of amides is 3. The van der Waals surface area contributed by atoms with Crippen LogP contribution >= 0.6 is 0 Å². The van der Waals surface area contributed by atoms with Crippen LogP contribution in [0.1, 0.15) is 6.92 Å². The first kappa shape index (κ1) is 18.6. The SMILES string of the molecule is CCOC(=O)C1=C(CN2C[C@H](C(=O)NC)Oc3ccccc32)NC(=O)NC1. The Labute approximate surface area is 156 Å². The van der Waals surface area contributed by atoms with Gasteiger partial charge in [0.25, 0.3) is 5.91 Å². The number of carbonyl (C=O) groups excluding carboxylic acids is 3. The molecular formula is C18H22N4O5. The molecule has 0 fully saturated rings. The van der Waals surface area contributed by atoms with Crippen LogP contribution in [-0.4, -0.2) is 57.3 Å². The summed E-state index contributed by atoms with van der Waals surface area (Å²) >= 11 is 0. The average molecular weight is 374 g/mol. The average Bonchev–Trinajstić information content (AvgIpc) is 2.67. The number of likely N-dealkylation sites (N-methyl/N-ethyl adjacent to an activating group) is 1. The van der Waals surface area contributed by atoms with Crippen molar-refractivity contribution in [3.8, 4) is 5.75 Å². The van der Waals surface area contributed by atoms with Gasteiger partial charge in [-0.3, -0.25) is 4.79 Å². The summed E-state index contributed by atoms with van der Waals surface area (Å²) in [6.07, 6.45) is -0.700. The number of hydrogen-bond acceptors (Lipinski definition) is 6. The number of rotatable bonds is 5. The minimum Gasteiger partial charge on any atom is -0.477 e. The Morgan fingerprint density at radius 2 is 2.15 bits per heavy atom. The van der Waals surface area contributed by atoms with Crippen molar-refractivity contribution >= 4 is 23.6 Å². The van der Waals surface area contributed by atoms with Gasteiger partial charge in [-0.2, -0.15) is 0 Å². The van der Waals surface area contributed by atoms with Crippen molar-refractivity contribution in [2.24, 2.45) is 0 Å². The number of esters is 1. The maximum atomic E-state index is 12.2. The van der Waals surface area contributed by atoms with Gasteiger partial charge in [0, 0.05) is 7.05 Å². The van der Waals surface area contributed by atoms with Crippen LogP contribution in [-0.2, 0) is 14.3 Å². The third-order valence-corrected chi connectivity index (χ3v) is 4.33. The fourth-order valence-electron chi connectivity index (χ4n) is 3.03. The number of para-hydroxylation sites is 2. The molecule has 0 aliphatic carbocycles. The minimum atomic E-state index is -0.700. The fraction of sp³-hybridized carbons (Fsp3) is 0.389. The van der Waals surface area contributed by atoms with Gasteiger partial charge < -0.3 is 30.3 Å². The van der Waals surface area contributed by atoms with Gasteiger partial charge >= 0.3 is 12.0 Å². The zero-order valence-corrected chi connectivity index (χ0v) is 15.2. The molecule has 0 radical (unpaired) electrons. The molecule has 1 atom stereocenters. The van der Waals surface area contributed by atoms with E-state index in [1.165, 1.54) is 0 Å². The Bertz CT molecular complexity index is 792. The van der Waals surface area contributed by atoms with E-state index in [1.807, 2.05) is 23.1 Å². The molecule has 9 heteroatoms. The van der Waals surface area contributed by atoms with Gasteiger partial charge in [-0.15, -0.1) is 0 Å². The van der Waals surface area contributed by atoms with Crippen molar-refractivity contribution in [3.63, 3.8) is 0 Å². The summed E-state index contributed by atoms with van der Waals surface area (Å²) in [6, 6.07) is 6.93. The third kappa shape index (κ3) is 3.97. The van der Waals surface area contributed by atoms with Gasteiger partial charge in [0.05, 0.1) is 43.2 Å². The molecule has 9 nitrogen and oxygen atoms in total. The van der Waals surface area contributed by atoms with E-state index in [4.69, 9.17) is 9.47 Å². The van der Waals surface area contributed by atoms with Crippen molar-refractivity contribution in [2.75, 3.05) is 38.2 Å². The lowest BCUT2D eigenvalue weighted by Crippen LogP contribution is -2.51. The molecule has 1 aromatic carbocycles. The molecule has 3 amide bonds. The molecule has 3 rings (SSSR count). The van der Waals surface area contributed by atoms with Crippen LogP contribution in [0.15, 0.2) is 35.5 Å². The first-order chi connectivity index (χ1) is 13.0. The Morgan fingerprint density at radius 1 is 1.37 bits per heavy atom. The topological polar surface area (TPSA) is 109 Å². The van der Waals surface area contributed by atoms with Crippen LogP contribution in [0.5, 0.6) is 5.75 Å². The predicted molar refractivity (Wildman–Crippen MR) is 97.3 cm³/mol. The van der Waals surface area contributed by atoms with Gasteiger partial charge in [-0.25, -0.2) is 9.59 Å². The molecular weight excluding hydrogens is 352 g/mol. The van der Waals surface area contributed by atoms with Crippen LogP contribution in [0.25, 0.3) is 0 Å². The maximum Gasteiger partial charge on any atom is 0.337 e. The number of nitrogens with one attached hydrogen (secondary N) is 3. The highest BCUT2D eigenvalue weighted by molar-refractivity contribution is 5.94. The van der Waals surface area contributed by atoms with E-state index in [-0.39, 0.29) is 38.2 Å². The standard InChI is InChI=1S/C18H22N4O5/c1-3-26-17(24)11-8-20-18(25)21-12(11)9-22-10-15(16(23)19-2)27-14-7-5-4-6-13(14)22/h4-7,15H,3,8-10H2,1-2H3,(H,19,23)(H2,20,21,25)/t15-/m1/s1. The third-order valence-electron chi connectivity index (χ3n) is 4.33. The highest BCUT2D eigenvalue weighted by atomic mass is 16.5. The lowest BCUT2D eigenvalue weighted by molar-refractivity contribution is -0.138. The number of nitrogens with zero attached hydrogens (tertiary/aromatic N) is 1. The second kappa shape index (κ2) is 7.98. The van der Waals surface area contributed by atoms with Crippen LogP contribution in [0.4, 0.5) is 10.5 Å². The number of anilines is 1. The van der Waals surface area contributed by atoms with Crippen molar-refractivity contribution in [1.29, 1.82) is 0 Å². The highest BCUT2D eigenvalue weighted by Gasteiger charge is 2.32. The number of fused-ring (bicyclic) bond motifs is 1. The monoisotopic (exact) mass is 374 g/mol. The molecule has 2 heterocycles. The van der Waals surface area contributed by atoms with E-state index in [0.29, 0.717) is 17.0 Å². The molecule has 0 saturated carbocycles. The molecule has 1 aromatic rings. The molecule has 0 bridgehead atoms. The van der Waals surface area contributed by atoms with Crippen molar-refractivity contribution in [2.45, 2.75) is 13.0 Å². The van der Waals surface area contributed by atoms with Crippen LogP contribution in [0.2, 0.25) is 0 Å². The van der Waals surface area contributed by atoms with E-state index < -0.39 is 12.1 Å². The van der Waals surface area contributed by atoms with Gasteiger partial charge in [0.1, 0.15) is 5.75 Å². The molecule has 3 N–H and O–H groups in total. The lowest BCUT2D eigenvalue weighted by atomic mass is 10.1. The molecule has 0 saturated heterocycles. The highest BCUT2D eigenvalue weighted by Crippen LogP contribution is 2.33. The van der Waals surface area contributed by atoms with E-state index in [0.717, 1.165) is 5.69 Å². The lowest BCUT2D eigenvalue weighted by Gasteiger charge is -2.36. The molecule has 0 spiro atoms. The summed E-state index contributed by atoms with van der Waals surface area (Å²) in [7, 11) is 1.55. The number of hydrogen-bond donors (Lipinski definition) is 3. The largest absolute Gasteiger partial charge is 0.477 e. The summed E-state index contributed by atoms with van der Waals surface area (Å²) in [5, 5.41) is 7.85. The quantitative estimate of drug-likeness (QED) is 0.632. The van der Waals surface area contributed by atoms with E-state index >= 15 is 0 Å². The summed E-state index contributed by atoms with van der Waals surface area (Å²) in [5.41, 5.74) is 1.59. The van der Waals surface area contributed by atoms with Gasteiger partial charge in [0.15, 0.2) is 6.10 Å². The molecule has 144 valence electrons. The van der Waals surface area contributed by atoms with Gasteiger partial charge in [-0.05, 0) is 19.1 Å². The predicted octanol–water partition coefficient (Wildman–Crippen LogP) is 0.130. The first-order valence-corrected chi connectivity index (χ1v) is 8.69. The van der Waals surface area contributed by atoms with E-state index in [9.17, 15) is 14.4 Å². The fourth-order valence-corrected chi connectivity index (χ4v) is 3.03.